The van der Waals surface area contributed by atoms with E-state index in [2.05, 4.69) is 0 Å². The van der Waals surface area contributed by atoms with E-state index in [9.17, 15) is 14.4 Å². The van der Waals surface area contributed by atoms with Crippen molar-refractivity contribution in [1.82, 2.24) is 9.80 Å². The molecule has 0 atom stereocenters. The van der Waals surface area contributed by atoms with Gasteiger partial charge in [0.25, 0.3) is 0 Å². The van der Waals surface area contributed by atoms with Crippen molar-refractivity contribution in [1.29, 1.82) is 0 Å². The van der Waals surface area contributed by atoms with E-state index < -0.39 is 31.1 Å². The quantitative estimate of drug-likeness (QED) is 0.573. The van der Waals surface area contributed by atoms with Crippen molar-refractivity contribution in [2.24, 2.45) is 0 Å². The summed E-state index contributed by atoms with van der Waals surface area (Å²) in [5.74, 6) is -2.51. The normalized spacial score (nSPS) is 9.89. The number of nitrogens with zero attached hydrogens (tertiary/aromatic N) is 2. The summed E-state index contributed by atoms with van der Waals surface area (Å²) >= 11 is 0. The summed E-state index contributed by atoms with van der Waals surface area (Å²) in [5, 5.41) is 17.2. The van der Waals surface area contributed by atoms with Gasteiger partial charge < -0.3 is 24.7 Å². The molecule has 0 aromatic carbocycles. The summed E-state index contributed by atoms with van der Waals surface area (Å²) in [6.07, 6.45) is 0.590. The maximum atomic E-state index is 11.8. The minimum atomic E-state index is -1.25. The maximum Gasteiger partial charge on any atom is 0.323 e. The van der Waals surface area contributed by atoms with Gasteiger partial charge in [0, 0.05) is 27.3 Å². The molecule has 8 heteroatoms. The Balaban J connectivity index is 4.42. The van der Waals surface area contributed by atoms with Crippen molar-refractivity contribution < 1.29 is 29.3 Å². The van der Waals surface area contributed by atoms with Gasteiger partial charge in [0.15, 0.2) is 0 Å². The molecule has 0 aliphatic heterocycles. The lowest BCUT2D eigenvalue weighted by Crippen LogP contribution is -2.46. The first-order valence-electron chi connectivity index (χ1n) is 5.31. The van der Waals surface area contributed by atoms with Gasteiger partial charge in [-0.15, -0.1) is 0 Å². The molecule has 2 N–H and O–H groups in total. The number of hydrogen-bond donors (Lipinski definition) is 2. The highest BCUT2D eigenvalue weighted by atomic mass is 16.5. The van der Waals surface area contributed by atoms with Gasteiger partial charge in [0.05, 0.1) is 0 Å². The average molecular weight is 262 g/mol. The number of amides is 2. The average Bonchev–Trinajstić information content (AvgIpc) is 2.26. The molecule has 0 unspecified atom stereocenters. The van der Waals surface area contributed by atoms with Crippen LogP contribution in [0.4, 0.5) is 4.79 Å². The van der Waals surface area contributed by atoms with Crippen LogP contribution in [0.5, 0.6) is 0 Å². The van der Waals surface area contributed by atoms with Crippen LogP contribution in [-0.4, -0.2) is 78.4 Å². The number of methoxy groups -OCH3 is 1. The molecule has 0 bridgehead atoms. The third-order valence-corrected chi connectivity index (χ3v) is 2.09. The van der Waals surface area contributed by atoms with Crippen LogP contribution in [0.15, 0.2) is 0 Å². The lowest BCUT2D eigenvalue weighted by molar-refractivity contribution is -0.140. The molecular formula is C10H18N2O6. The van der Waals surface area contributed by atoms with Crippen molar-refractivity contribution in [2.75, 3.05) is 40.4 Å². The number of carboxylic acids is 2. The van der Waals surface area contributed by atoms with E-state index in [1.54, 1.807) is 0 Å². The number of urea groups is 1. The standard InChI is InChI=1S/C10H18N2O6/c1-11(4-3-5-18-2)10(17)12(6-8(13)14)7-9(15)16/h3-7H2,1-2H3,(H,13,14)(H,15,16). The third kappa shape index (κ3) is 6.69. The fourth-order valence-electron chi connectivity index (χ4n) is 1.30. The zero-order chi connectivity index (χ0) is 14.1. The predicted octanol–water partition coefficient (Wildman–Crippen LogP) is -0.454. The van der Waals surface area contributed by atoms with E-state index >= 15 is 0 Å². The molecule has 0 aromatic heterocycles. The van der Waals surface area contributed by atoms with Crippen LogP contribution < -0.4 is 0 Å². The second-order valence-corrected chi connectivity index (χ2v) is 3.69. The molecule has 0 saturated carbocycles. The molecule has 2 amide bonds. The first kappa shape index (κ1) is 16.2. The van der Waals surface area contributed by atoms with E-state index in [0.29, 0.717) is 19.6 Å². The summed E-state index contributed by atoms with van der Waals surface area (Å²) in [4.78, 5) is 34.9. The Kier molecular flexibility index (Phi) is 7.45. The summed E-state index contributed by atoms with van der Waals surface area (Å²) in [6.45, 7) is -0.447. The molecule has 8 nitrogen and oxygen atoms in total. The number of carbonyl (C=O) groups is 3. The smallest absolute Gasteiger partial charge is 0.323 e. The molecule has 0 spiro atoms. The number of carboxylic acid groups (broad SMARTS) is 2. The summed E-state index contributed by atoms with van der Waals surface area (Å²) in [7, 11) is 3.01. The van der Waals surface area contributed by atoms with Gasteiger partial charge in [-0.3, -0.25) is 9.59 Å². The van der Waals surface area contributed by atoms with Crippen LogP contribution in [0.25, 0.3) is 0 Å². The molecule has 18 heavy (non-hydrogen) atoms. The summed E-state index contributed by atoms with van der Waals surface area (Å²) in [6, 6.07) is -0.629. The Morgan fingerprint density at radius 3 is 2.00 bits per heavy atom. The van der Waals surface area contributed by atoms with Crippen LogP contribution in [-0.2, 0) is 14.3 Å². The Morgan fingerprint density at radius 2 is 1.61 bits per heavy atom. The first-order chi connectivity index (χ1) is 8.38. The SMILES string of the molecule is COCCCN(C)C(=O)N(CC(=O)O)CC(=O)O. The molecule has 0 fully saturated rings. The fourth-order valence-corrected chi connectivity index (χ4v) is 1.30. The van der Waals surface area contributed by atoms with Gasteiger partial charge in [0.2, 0.25) is 0 Å². The molecule has 0 rings (SSSR count). The Morgan fingerprint density at radius 1 is 1.11 bits per heavy atom. The van der Waals surface area contributed by atoms with Crippen LogP contribution in [0.1, 0.15) is 6.42 Å². The second kappa shape index (κ2) is 8.29. The lowest BCUT2D eigenvalue weighted by Gasteiger charge is -2.25. The molecule has 0 aromatic rings. The Bertz CT molecular complexity index is 291. The topological polar surface area (TPSA) is 107 Å². The minimum absolute atomic E-state index is 0.364. The molecule has 0 saturated heterocycles. The largest absolute Gasteiger partial charge is 0.480 e. The zero-order valence-corrected chi connectivity index (χ0v) is 10.5. The molecule has 0 aliphatic carbocycles. The van der Waals surface area contributed by atoms with Crippen molar-refractivity contribution in [3.05, 3.63) is 0 Å². The zero-order valence-electron chi connectivity index (χ0n) is 10.5. The van der Waals surface area contributed by atoms with Gasteiger partial charge in [-0.05, 0) is 6.42 Å². The second-order valence-electron chi connectivity index (χ2n) is 3.69. The van der Waals surface area contributed by atoms with Crippen molar-refractivity contribution in [3.8, 4) is 0 Å². The highest BCUT2D eigenvalue weighted by molar-refractivity contribution is 5.84. The van der Waals surface area contributed by atoms with Crippen LogP contribution in [0.3, 0.4) is 0 Å². The van der Waals surface area contributed by atoms with Gasteiger partial charge >= 0.3 is 18.0 Å². The number of carbonyl (C=O) groups excluding carboxylic acids is 1. The number of ether oxygens (including phenoxy) is 1. The lowest BCUT2D eigenvalue weighted by atomic mass is 10.4. The summed E-state index contributed by atoms with van der Waals surface area (Å²) in [5.41, 5.74) is 0. The molecule has 0 radical (unpaired) electrons. The maximum absolute atomic E-state index is 11.8. The minimum Gasteiger partial charge on any atom is -0.480 e. The van der Waals surface area contributed by atoms with Crippen molar-refractivity contribution in [2.45, 2.75) is 6.42 Å². The fraction of sp³-hybridized carbons (Fsp3) is 0.700. The molecule has 0 heterocycles. The van der Waals surface area contributed by atoms with Crippen LogP contribution in [0.2, 0.25) is 0 Å². The van der Waals surface area contributed by atoms with Crippen molar-refractivity contribution >= 4 is 18.0 Å². The van der Waals surface area contributed by atoms with Crippen LogP contribution in [0, 0.1) is 0 Å². The molecule has 104 valence electrons. The van der Waals surface area contributed by atoms with E-state index in [0.717, 1.165) is 4.90 Å². The van der Waals surface area contributed by atoms with E-state index in [4.69, 9.17) is 14.9 Å². The van der Waals surface area contributed by atoms with Gasteiger partial charge in [-0.2, -0.15) is 0 Å². The number of rotatable bonds is 8. The number of hydrogen-bond acceptors (Lipinski definition) is 4. The van der Waals surface area contributed by atoms with Crippen LogP contribution >= 0.6 is 0 Å². The van der Waals surface area contributed by atoms with Crippen molar-refractivity contribution in [3.63, 3.8) is 0 Å². The highest BCUT2D eigenvalue weighted by Crippen LogP contribution is 1.99. The van der Waals surface area contributed by atoms with Gasteiger partial charge in [-0.25, -0.2) is 4.79 Å². The third-order valence-electron chi connectivity index (χ3n) is 2.09. The predicted molar refractivity (Wildman–Crippen MR) is 61.4 cm³/mol. The number of aliphatic carboxylic acids is 2. The Labute approximate surface area is 105 Å². The highest BCUT2D eigenvalue weighted by Gasteiger charge is 2.22. The van der Waals surface area contributed by atoms with E-state index in [1.807, 2.05) is 0 Å². The van der Waals surface area contributed by atoms with E-state index in [-0.39, 0.29) is 0 Å². The van der Waals surface area contributed by atoms with Gasteiger partial charge in [0.1, 0.15) is 13.1 Å². The summed E-state index contributed by atoms with van der Waals surface area (Å²) < 4.78 is 4.82. The Hall–Kier alpha value is -1.83. The molecular weight excluding hydrogens is 244 g/mol. The van der Waals surface area contributed by atoms with Gasteiger partial charge in [-0.1, -0.05) is 0 Å². The monoisotopic (exact) mass is 262 g/mol. The first-order valence-corrected chi connectivity index (χ1v) is 5.31. The molecule has 0 aliphatic rings. The van der Waals surface area contributed by atoms with E-state index in [1.165, 1.54) is 19.1 Å².